The molecule has 3 rings (SSSR count). The van der Waals surface area contributed by atoms with Gasteiger partial charge in [-0.05, 0) is 51.3 Å². The Morgan fingerprint density at radius 3 is 2.61 bits per heavy atom. The molecule has 1 aliphatic carbocycles. The van der Waals surface area contributed by atoms with Crippen LogP contribution in [0.1, 0.15) is 36.5 Å². The lowest BCUT2D eigenvalue weighted by Gasteiger charge is -2.21. The molecule has 2 atom stereocenters. The molecule has 0 bridgehead atoms. The lowest BCUT2D eigenvalue weighted by Crippen LogP contribution is -2.35. The SMILES string of the molecule is COc1cc(P(C)(C)=O)ccc1Nc1ncc(C(C)=O)c(NC2CCCC2C(N)=O)n1. The predicted octanol–water partition coefficient (Wildman–Crippen LogP) is 2.75. The van der Waals surface area contributed by atoms with Crippen molar-refractivity contribution >= 4 is 41.6 Å². The number of benzene rings is 1. The number of Topliss-reactive ketones (excluding diaryl/α,β-unsaturated/α-hetero) is 1. The molecular weight excluding hydrogens is 417 g/mol. The largest absolute Gasteiger partial charge is 0.495 e. The second-order valence-corrected chi connectivity index (χ2v) is 11.3. The standard InChI is InChI=1S/C21H28N5O4P/c1-12(27)15-11-23-21(26-20(15)24-16-7-5-6-14(16)19(22)28)25-17-9-8-13(31(3,4)29)10-18(17)30-2/h8-11,14,16H,5-7H2,1-4H3,(H2,22,28)(H2,23,24,25,26). The number of amides is 1. The number of nitrogens with one attached hydrogen (secondary N) is 2. The summed E-state index contributed by atoms with van der Waals surface area (Å²) in [5.74, 6) is 0.248. The summed E-state index contributed by atoms with van der Waals surface area (Å²) in [6.45, 7) is 4.82. The summed E-state index contributed by atoms with van der Waals surface area (Å²) in [5.41, 5.74) is 6.45. The first-order valence-electron chi connectivity index (χ1n) is 10.0. The van der Waals surface area contributed by atoms with Gasteiger partial charge in [0, 0.05) is 17.5 Å². The summed E-state index contributed by atoms with van der Waals surface area (Å²) in [7, 11) is -0.916. The lowest BCUT2D eigenvalue weighted by molar-refractivity contribution is -0.121. The van der Waals surface area contributed by atoms with Crippen molar-refractivity contribution in [2.24, 2.45) is 11.7 Å². The summed E-state index contributed by atoms with van der Waals surface area (Å²) in [6.07, 6.45) is 3.79. The maximum atomic E-state index is 12.4. The van der Waals surface area contributed by atoms with Gasteiger partial charge in [0.1, 0.15) is 18.7 Å². The van der Waals surface area contributed by atoms with Crippen LogP contribution in [-0.2, 0) is 9.36 Å². The first-order chi connectivity index (χ1) is 14.6. The van der Waals surface area contributed by atoms with Crippen LogP contribution < -0.4 is 26.4 Å². The number of rotatable bonds is 8. The van der Waals surface area contributed by atoms with E-state index in [-0.39, 0.29) is 29.6 Å². The summed E-state index contributed by atoms with van der Waals surface area (Å²) >= 11 is 0. The number of carbonyl (C=O) groups excluding carboxylic acids is 2. The Balaban J connectivity index is 1.91. The zero-order valence-corrected chi connectivity index (χ0v) is 19.0. The second-order valence-electron chi connectivity index (χ2n) is 8.06. The Hall–Kier alpha value is -2.93. The topological polar surface area (TPSA) is 136 Å². The third-order valence-electron chi connectivity index (χ3n) is 5.42. The van der Waals surface area contributed by atoms with Gasteiger partial charge >= 0.3 is 0 Å². The fourth-order valence-corrected chi connectivity index (χ4v) is 4.56. The Bertz CT molecular complexity index is 1050. The van der Waals surface area contributed by atoms with E-state index in [2.05, 4.69) is 20.6 Å². The van der Waals surface area contributed by atoms with Crippen molar-refractivity contribution in [3.63, 3.8) is 0 Å². The summed E-state index contributed by atoms with van der Waals surface area (Å²) in [6, 6.07) is 5.06. The molecule has 1 saturated carbocycles. The number of hydrogen-bond donors (Lipinski definition) is 3. The van der Waals surface area contributed by atoms with Crippen molar-refractivity contribution < 1.29 is 18.9 Å². The van der Waals surface area contributed by atoms with E-state index in [4.69, 9.17) is 10.5 Å². The molecule has 0 spiro atoms. The van der Waals surface area contributed by atoms with E-state index in [0.29, 0.717) is 34.5 Å². The number of ketones is 1. The van der Waals surface area contributed by atoms with Crippen LogP contribution in [0.3, 0.4) is 0 Å². The highest BCUT2D eigenvalue weighted by Crippen LogP contribution is 2.38. The number of primary amides is 1. The Labute approximate surface area is 181 Å². The zero-order chi connectivity index (χ0) is 22.8. The Morgan fingerprint density at radius 2 is 2.00 bits per heavy atom. The normalized spacial score (nSPS) is 18.5. The van der Waals surface area contributed by atoms with Gasteiger partial charge in [-0.15, -0.1) is 0 Å². The molecule has 2 aromatic rings. The van der Waals surface area contributed by atoms with Crippen molar-refractivity contribution in [3.05, 3.63) is 30.0 Å². The predicted molar refractivity (Wildman–Crippen MR) is 121 cm³/mol. The van der Waals surface area contributed by atoms with Crippen LogP contribution in [0.4, 0.5) is 17.5 Å². The van der Waals surface area contributed by atoms with Gasteiger partial charge in [0.05, 0.1) is 24.3 Å². The maximum Gasteiger partial charge on any atom is 0.229 e. The molecule has 1 fully saturated rings. The maximum absolute atomic E-state index is 12.4. The quantitative estimate of drug-likeness (QED) is 0.417. The van der Waals surface area contributed by atoms with Crippen molar-refractivity contribution in [3.8, 4) is 5.75 Å². The molecule has 1 aromatic heterocycles. The van der Waals surface area contributed by atoms with Gasteiger partial charge < -0.3 is 25.7 Å². The molecule has 0 saturated heterocycles. The van der Waals surface area contributed by atoms with E-state index >= 15 is 0 Å². The average molecular weight is 445 g/mol. The van der Waals surface area contributed by atoms with Crippen LogP contribution in [0.2, 0.25) is 0 Å². The number of nitrogens with zero attached hydrogens (tertiary/aromatic N) is 2. The number of nitrogens with two attached hydrogens (primary N) is 1. The van der Waals surface area contributed by atoms with Crippen molar-refractivity contribution in [1.29, 1.82) is 0 Å². The van der Waals surface area contributed by atoms with Gasteiger partial charge in [-0.25, -0.2) is 4.98 Å². The number of ether oxygens (including phenoxy) is 1. The average Bonchev–Trinajstić information content (AvgIpc) is 3.16. The molecule has 0 radical (unpaired) electrons. The summed E-state index contributed by atoms with van der Waals surface area (Å²) in [4.78, 5) is 32.5. The van der Waals surface area contributed by atoms with E-state index in [9.17, 15) is 14.2 Å². The van der Waals surface area contributed by atoms with E-state index < -0.39 is 7.14 Å². The molecule has 1 aliphatic rings. The van der Waals surface area contributed by atoms with E-state index in [1.165, 1.54) is 20.2 Å². The molecule has 10 heteroatoms. The molecule has 31 heavy (non-hydrogen) atoms. The minimum absolute atomic E-state index is 0.185. The minimum atomic E-state index is -2.44. The van der Waals surface area contributed by atoms with Crippen molar-refractivity contribution in [1.82, 2.24) is 9.97 Å². The molecule has 1 aromatic carbocycles. The van der Waals surface area contributed by atoms with Crippen LogP contribution in [0.5, 0.6) is 5.75 Å². The van der Waals surface area contributed by atoms with Crippen molar-refractivity contribution in [2.45, 2.75) is 32.2 Å². The van der Waals surface area contributed by atoms with Gasteiger partial charge in [-0.3, -0.25) is 9.59 Å². The first kappa shape index (κ1) is 22.7. The molecule has 1 amide bonds. The van der Waals surface area contributed by atoms with Gasteiger partial charge in [-0.2, -0.15) is 4.98 Å². The zero-order valence-electron chi connectivity index (χ0n) is 18.1. The highest BCUT2D eigenvalue weighted by Gasteiger charge is 2.32. The van der Waals surface area contributed by atoms with Gasteiger partial charge in [0.15, 0.2) is 5.78 Å². The molecule has 166 valence electrons. The number of aromatic nitrogens is 2. The fraction of sp³-hybridized carbons (Fsp3) is 0.429. The highest BCUT2D eigenvalue weighted by molar-refractivity contribution is 7.70. The van der Waals surface area contributed by atoms with Crippen LogP contribution in [-0.4, -0.2) is 48.1 Å². The molecule has 9 nitrogen and oxygen atoms in total. The monoisotopic (exact) mass is 445 g/mol. The molecule has 1 heterocycles. The van der Waals surface area contributed by atoms with Gasteiger partial charge in [-0.1, -0.05) is 6.42 Å². The van der Waals surface area contributed by atoms with Gasteiger partial charge in [0.25, 0.3) is 0 Å². The van der Waals surface area contributed by atoms with Crippen LogP contribution in [0.15, 0.2) is 24.4 Å². The third kappa shape index (κ3) is 5.22. The lowest BCUT2D eigenvalue weighted by atomic mass is 10.0. The van der Waals surface area contributed by atoms with E-state index in [0.717, 1.165) is 12.8 Å². The fourth-order valence-electron chi connectivity index (χ4n) is 3.70. The Kier molecular flexibility index (Phi) is 6.65. The van der Waals surface area contributed by atoms with E-state index in [1.807, 2.05) is 0 Å². The van der Waals surface area contributed by atoms with Crippen molar-refractivity contribution in [2.75, 3.05) is 31.1 Å². The first-order valence-corrected chi connectivity index (χ1v) is 12.6. The molecule has 4 N–H and O–H groups in total. The number of methoxy groups -OCH3 is 1. The summed E-state index contributed by atoms with van der Waals surface area (Å²) in [5, 5.41) is 7.01. The van der Waals surface area contributed by atoms with Crippen LogP contribution in [0, 0.1) is 5.92 Å². The number of hydrogen-bond acceptors (Lipinski definition) is 8. The van der Waals surface area contributed by atoms with Gasteiger partial charge in [0.2, 0.25) is 11.9 Å². The number of anilines is 3. The second kappa shape index (κ2) is 9.06. The third-order valence-corrected chi connectivity index (χ3v) is 6.95. The smallest absolute Gasteiger partial charge is 0.229 e. The van der Waals surface area contributed by atoms with Crippen LogP contribution >= 0.6 is 7.14 Å². The molecule has 0 aliphatic heterocycles. The minimum Gasteiger partial charge on any atom is -0.495 e. The summed E-state index contributed by atoms with van der Waals surface area (Å²) < 4.78 is 17.8. The molecular formula is C21H28N5O4P. The highest BCUT2D eigenvalue weighted by atomic mass is 31.2. The van der Waals surface area contributed by atoms with E-state index in [1.54, 1.807) is 31.5 Å². The number of carbonyl (C=O) groups is 2. The Morgan fingerprint density at radius 1 is 1.26 bits per heavy atom. The van der Waals surface area contributed by atoms with Crippen LogP contribution in [0.25, 0.3) is 0 Å². The molecule has 2 unspecified atom stereocenters.